The average molecular weight is 286 g/mol. The van der Waals surface area contributed by atoms with Gasteiger partial charge in [-0.05, 0) is 38.6 Å². The second-order valence-electron chi connectivity index (χ2n) is 5.15. The minimum absolute atomic E-state index is 0.00949. The first-order valence-corrected chi connectivity index (χ1v) is 8.28. The van der Waals surface area contributed by atoms with Gasteiger partial charge in [0.25, 0.3) is 10.0 Å². The van der Waals surface area contributed by atoms with Crippen LogP contribution >= 0.6 is 0 Å². The van der Waals surface area contributed by atoms with Crippen LogP contribution in [0.5, 0.6) is 0 Å². The van der Waals surface area contributed by atoms with Gasteiger partial charge in [-0.3, -0.25) is 5.10 Å². The van der Waals surface area contributed by atoms with Crippen LogP contribution < -0.4 is 10.0 Å². The first-order valence-electron chi connectivity index (χ1n) is 6.80. The SMILES string of the molecule is CCCNCc1cn[nH]c1S(=O)(=O)NC(C)C1CC1. The van der Waals surface area contributed by atoms with Crippen molar-refractivity contribution < 1.29 is 8.42 Å². The van der Waals surface area contributed by atoms with E-state index < -0.39 is 10.0 Å². The van der Waals surface area contributed by atoms with Crippen molar-refractivity contribution in [1.29, 1.82) is 0 Å². The quantitative estimate of drug-likeness (QED) is 0.622. The van der Waals surface area contributed by atoms with Crippen molar-refractivity contribution in [2.75, 3.05) is 6.54 Å². The Labute approximate surface area is 114 Å². The van der Waals surface area contributed by atoms with E-state index in [1.165, 1.54) is 0 Å². The molecular weight excluding hydrogens is 264 g/mol. The summed E-state index contributed by atoms with van der Waals surface area (Å²) >= 11 is 0. The number of sulfonamides is 1. The molecule has 0 spiro atoms. The highest BCUT2D eigenvalue weighted by molar-refractivity contribution is 7.89. The Hall–Kier alpha value is -0.920. The molecule has 1 unspecified atom stereocenters. The molecule has 6 nitrogen and oxygen atoms in total. The van der Waals surface area contributed by atoms with Gasteiger partial charge in [0.1, 0.15) is 0 Å². The third kappa shape index (κ3) is 3.77. The molecule has 1 aromatic heterocycles. The molecule has 0 radical (unpaired) electrons. The second-order valence-corrected chi connectivity index (χ2v) is 6.80. The summed E-state index contributed by atoms with van der Waals surface area (Å²) in [5, 5.41) is 9.82. The Morgan fingerprint density at radius 3 is 2.89 bits per heavy atom. The van der Waals surface area contributed by atoms with Gasteiger partial charge in [0.2, 0.25) is 0 Å². The van der Waals surface area contributed by atoms with Crippen molar-refractivity contribution in [2.24, 2.45) is 5.92 Å². The van der Waals surface area contributed by atoms with Crippen LogP contribution in [0.4, 0.5) is 0 Å². The van der Waals surface area contributed by atoms with E-state index in [1.807, 2.05) is 6.92 Å². The Morgan fingerprint density at radius 1 is 1.53 bits per heavy atom. The highest BCUT2D eigenvalue weighted by atomic mass is 32.2. The zero-order chi connectivity index (χ0) is 13.9. The highest BCUT2D eigenvalue weighted by Crippen LogP contribution is 2.33. The molecule has 1 aliphatic rings. The summed E-state index contributed by atoms with van der Waals surface area (Å²) in [5.74, 6) is 0.486. The summed E-state index contributed by atoms with van der Waals surface area (Å²) in [5.41, 5.74) is 0.684. The third-order valence-electron chi connectivity index (χ3n) is 3.36. The van der Waals surface area contributed by atoms with Crippen LogP contribution in [0.25, 0.3) is 0 Å². The van der Waals surface area contributed by atoms with Gasteiger partial charge in [-0.1, -0.05) is 6.92 Å². The molecule has 1 atom stereocenters. The highest BCUT2D eigenvalue weighted by Gasteiger charge is 2.32. The van der Waals surface area contributed by atoms with Gasteiger partial charge in [-0.15, -0.1) is 0 Å². The van der Waals surface area contributed by atoms with Crippen molar-refractivity contribution in [2.45, 2.75) is 50.7 Å². The van der Waals surface area contributed by atoms with Crippen molar-refractivity contribution in [3.05, 3.63) is 11.8 Å². The molecule has 3 N–H and O–H groups in total. The largest absolute Gasteiger partial charge is 0.313 e. The van der Waals surface area contributed by atoms with Gasteiger partial charge in [-0.2, -0.15) is 5.10 Å². The van der Waals surface area contributed by atoms with Gasteiger partial charge in [0, 0.05) is 18.2 Å². The fraction of sp³-hybridized carbons (Fsp3) is 0.750. The number of rotatable bonds is 8. The topological polar surface area (TPSA) is 86.9 Å². The maximum atomic E-state index is 12.3. The number of hydrogen-bond acceptors (Lipinski definition) is 4. The number of H-pyrrole nitrogens is 1. The van der Waals surface area contributed by atoms with Crippen LogP contribution in [0.3, 0.4) is 0 Å². The monoisotopic (exact) mass is 286 g/mol. The zero-order valence-corrected chi connectivity index (χ0v) is 12.3. The van der Waals surface area contributed by atoms with Gasteiger partial charge in [0.15, 0.2) is 5.03 Å². The maximum absolute atomic E-state index is 12.3. The predicted octanol–water partition coefficient (Wildman–Crippen LogP) is 0.986. The van der Waals surface area contributed by atoms with Crippen molar-refractivity contribution in [1.82, 2.24) is 20.2 Å². The summed E-state index contributed by atoms with van der Waals surface area (Å²) in [6.45, 7) is 5.36. The van der Waals surface area contributed by atoms with Crippen LogP contribution in [-0.2, 0) is 16.6 Å². The lowest BCUT2D eigenvalue weighted by Crippen LogP contribution is -2.35. The van der Waals surface area contributed by atoms with Crippen LogP contribution in [0.15, 0.2) is 11.2 Å². The summed E-state index contributed by atoms with van der Waals surface area (Å²) in [6.07, 6.45) is 4.80. The predicted molar refractivity (Wildman–Crippen MR) is 73.1 cm³/mol. The summed E-state index contributed by atoms with van der Waals surface area (Å²) in [4.78, 5) is 0. The molecule has 0 amide bonds. The molecule has 1 aliphatic carbocycles. The Morgan fingerprint density at radius 2 is 2.26 bits per heavy atom. The Balaban J connectivity index is 2.04. The molecular formula is C12H22N4O2S. The van der Waals surface area contributed by atoms with E-state index in [4.69, 9.17) is 0 Å². The lowest BCUT2D eigenvalue weighted by atomic mass is 10.2. The number of aromatic amines is 1. The molecule has 0 bridgehead atoms. The smallest absolute Gasteiger partial charge is 0.258 e. The maximum Gasteiger partial charge on any atom is 0.258 e. The zero-order valence-electron chi connectivity index (χ0n) is 11.4. The summed E-state index contributed by atoms with van der Waals surface area (Å²) < 4.78 is 27.3. The summed E-state index contributed by atoms with van der Waals surface area (Å²) in [7, 11) is -3.50. The normalized spacial score (nSPS) is 17.6. The van der Waals surface area contributed by atoms with Crippen molar-refractivity contribution >= 4 is 10.0 Å². The number of nitrogens with one attached hydrogen (secondary N) is 3. The van der Waals surface area contributed by atoms with Crippen LogP contribution in [0.2, 0.25) is 0 Å². The lowest BCUT2D eigenvalue weighted by molar-refractivity contribution is 0.533. The molecule has 0 saturated heterocycles. The fourth-order valence-electron chi connectivity index (χ4n) is 2.05. The lowest BCUT2D eigenvalue weighted by Gasteiger charge is -2.13. The van der Waals surface area contributed by atoms with Crippen LogP contribution in [-0.4, -0.2) is 31.2 Å². The van der Waals surface area contributed by atoms with E-state index in [9.17, 15) is 8.42 Å². The molecule has 7 heteroatoms. The minimum Gasteiger partial charge on any atom is -0.313 e. The molecule has 0 aromatic carbocycles. The standard InChI is InChI=1S/C12H22N4O2S/c1-3-6-13-7-11-8-14-15-12(11)19(17,18)16-9(2)10-4-5-10/h8-10,13,16H,3-7H2,1-2H3,(H,14,15). The third-order valence-corrected chi connectivity index (χ3v) is 4.93. The van der Waals surface area contributed by atoms with E-state index in [0.29, 0.717) is 18.0 Å². The second kappa shape index (κ2) is 6.02. The van der Waals surface area contributed by atoms with Crippen LogP contribution in [0, 0.1) is 5.92 Å². The molecule has 108 valence electrons. The number of hydrogen-bond donors (Lipinski definition) is 3. The molecule has 2 rings (SSSR count). The van der Waals surface area contributed by atoms with Crippen molar-refractivity contribution in [3.63, 3.8) is 0 Å². The first-order chi connectivity index (χ1) is 9.04. The van der Waals surface area contributed by atoms with Gasteiger partial charge < -0.3 is 5.32 Å². The first kappa shape index (κ1) is 14.5. The van der Waals surface area contributed by atoms with Gasteiger partial charge in [0.05, 0.1) is 6.20 Å². The van der Waals surface area contributed by atoms with E-state index in [0.717, 1.165) is 25.8 Å². The Bertz CT molecular complexity index is 508. The molecule has 19 heavy (non-hydrogen) atoms. The Kier molecular flexibility index (Phi) is 4.59. The van der Waals surface area contributed by atoms with E-state index in [-0.39, 0.29) is 11.1 Å². The minimum atomic E-state index is -3.50. The average Bonchev–Trinajstić information content (AvgIpc) is 3.09. The molecule has 1 heterocycles. The summed E-state index contributed by atoms with van der Waals surface area (Å²) in [6, 6.07) is -0.00949. The van der Waals surface area contributed by atoms with Gasteiger partial charge >= 0.3 is 0 Å². The fourth-order valence-corrected chi connectivity index (χ4v) is 3.50. The van der Waals surface area contributed by atoms with E-state index in [2.05, 4.69) is 27.2 Å². The molecule has 1 aromatic rings. The molecule has 1 fully saturated rings. The number of nitrogens with zero attached hydrogens (tertiary/aromatic N) is 1. The van der Waals surface area contributed by atoms with E-state index in [1.54, 1.807) is 6.20 Å². The molecule has 1 saturated carbocycles. The number of aromatic nitrogens is 2. The van der Waals surface area contributed by atoms with Gasteiger partial charge in [-0.25, -0.2) is 13.1 Å². The van der Waals surface area contributed by atoms with Crippen molar-refractivity contribution in [3.8, 4) is 0 Å². The van der Waals surface area contributed by atoms with E-state index >= 15 is 0 Å². The van der Waals surface area contributed by atoms with Crippen LogP contribution in [0.1, 0.15) is 38.7 Å². The molecule has 0 aliphatic heterocycles.